The zero-order chi connectivity index (χ0) is 25.6. The standard InChI is InChI=1S/C29H33N3O4S/c1-32-26-13-16-37-28(26)17-27(32)29(33)31-25-7-3-5-20(18-34-2)24(25)19-35-21-8-10-23(11-9-21)36-22-6-4-14-30-15-12-22/h3,5,7-11,13,16-17,22,30H,4,6,12,14-15,18-19H2,1-2H3,(H,31,33). The second-order valence-electron chi connectivity index (χ2n) is 9.27. The van der Waals surface area contributed by atoms with E-state index in [-0.39, 0.29) is 12.0 Å². The predicted octanol–water partition coefficient (Wildman–Crippen LogP) is 5.74. The fourth-order valence-electron chi connectivity index (χ4n) is 4.73. The lowest BCUT2D eigenvalue weighted by atomic mass is 10.1. The number of aromatic nitrogens is 1. The molecule has 1 atom stereocenters. The highest BCUT2D eigenvalue weighted by Gasteiger charge is 2.18. The molecule has 0 bridgehead atoms. The summed E-state index contributed by atoms with van der Waals surface area (Å²) in [6.07, 6.45) is 3.46. The first-order valence-corrected chi connectivity index (χ1v) is 13.5. The van der Waals surface area contributed by atoms with Crippen LogP contribution in [0.15, 0.2) is 60.0 Å². The monoisotopic (exact) mass is 519 g/mol. The van der Waals surface area contributed by atoms with Gasteiger partial charge in [-0.1, -0.05) is 12.1 Å². The quantitative estimate of drug-likeness (QED) is 0.295. The first kappa shape index (κ1) is 25.3. The molecule has 1 aliphatic heterocycles. The van der Waals surface area contributed by atoms with Gasteiger partial charge < -0.3 is 29.4 Å². The summed E-state index contributed by atoms with van der Waals surface area (Å²) in [5.41, 5.74) is 4.24. The van der Waals surface area contributed by atoms with Gasteiger partial charge in [0.1, 0.15) is 23.8 Å². The Hall–Kier alpha value is -3.33. The van der Waals surface area contributed by atoms with Crippen LogP contribution in [-0.2, 0) is 25.0 Å². The van der Waals surface area contributed by atoms with Crippen molar-refractivity contribution in [1.29, 1.82) is 0 Å². The van der Waals surface area contributed by atoms with Crippen LogP contribution < -0.4 is 20.1 Å². The first-order valence-electron chi connectivity index (χ1n) is 12.7. The molecule has 1 unspecified atom stereocenters. The number of hydrogen-bond donors (Lipinski definition) is 2. The van der Waals surface area contributed by atoms with Crippen molar-refractivity contribution in [1.82, 2.24) is 9.88 Å². The highest BCUT2D eigenvalue weighted by Crippen LogP contribution is 2.28. The average molecular weight is 520 g/mol. The maximum atomic E-state index is 13.2. The van der Waals surface area contributed by atoms with Crippen molar-refractivity contribution in [2.75, 3.05) is 25.5 Å². The van der Waals surface area contributed by atoms with Crippen molar-refractivity contribution in [3.05, 3.63) is 76.8 Å². The number of anilines is 1. The number of ether oxygens (including phenoxy) is 3. The van der Waals surface area contributed by atoms with Crippen LogP contribution in [-0.4, -0.2) is 36.8 Å². The smallest absolute Gasteiger partial charge is 0.272 e. The van der Waals surface area contributed by atoms with Gasteiger partial charge in [-0.05, 0) is 85.8 Å². The van der Waals surface area contributed by atoms with E-state index in [1.807, 2.05) is 71.6 Å². The Bertz CT molecular complexity index is 1340. The number of carbonyl (C=O) groups is 1. The van der Waals surface area contributed by atoms with Crippen LogP contribution in [0.1, 0.15) is 40.9 Å². The van der Waals surface area contributed by atoms with E-state index < -0.39 is 0 Å². The molecule has 1 saturated heterocycles. The van der Waals surface area contributed by atoms with E-state index in [4.69, 9.17) is 14.2 Å². The van der Waals surface area contributed by atoms with E-state index in [1.165, 1.54) is 0 Å². The molecule has 0 spiro atoms. The van der Waals surface area contributed by atoms with Crippen LogP contribution in [0.5, 0.6) is 11.5 Å². The Labute approximate surface area is 221 Å². The SMILES string of the molecule is COCc1cccc(NC(=O)c2cc3sccc3n2C)c1COc1ccc(OC2CCCNCC2)cc1. The third-order valence-corrected chi connectivity index (χ3v) is 7.60. The van der Waals surface area contributed by atoms with Crippen molar-refractivity contribution in [3.8, 4) is 11.5 Å². The Morgan fingerprint density at radius 3 is 2.73 bits per heavy atom. The van der Waals surface area contributed by atoms with Gasteiger partial charge in [0.2, 0.25) is 0 Å². The van der Waals surface area contributed by atoms with Crippen molar-refractivity contribution in [2.45, 2.75) is 38.6 Å². The highest BCUT2D eigenvalue weighted by atomic mass is 32.1. The van der Waals surface area contributed by atoms with Crippen LogP contribution in [0.3, 0.4) is 0 Å². The lowest BCUT2D eigenvalue weighted by Crippen LogP contribution is -2.19. The van der Waals surface area contributed by atoms with E-state index in [0.717, 1.165) is 65.2 Å². The van der Waals surface area contributed by atoms with E-state index >= 15 is 0 Å². The molecule has 0 radical (unpaired) electrons. The van der Waals surface area contributed by atoms with Gasteiger partial charge in [0, 0.05) is 25.4 Å². The number of carbonyl (C=O) groups excluding carboxylic acids is 1. The molecule has 0 saturated carbocycles. The predicted molar refractivity (Wildman–Crippen MR) is 148 cm³/mol. The molecule has 3 heterocycles. The lowest BCUT2D eigenvalue weighted by Gasteiger charge is -2.18. The molecule has 7 nitrogen and oxygen atoms in total. The van der Waals surface area contributed by atoms with Gasteiger partial charge >= 0.3 is 0 Å². The minimum atomic E-state index is -0.156. The number of aryl methyl sites for hydroxylation is 1. The van der Waals surface area contributed by atoms with Crippen molar-refractivity contribution in [3.63, 3.8) is 0 Å². The molecule has 194 valence electrons. The summed E-state index contributed by atoms with van der Waals surface area (Å²) in [6.45, 7) is 2.77. The molecule has 1 fully saturated rings. The number of amides is 1. The van der Waals surface area contributed by atoms with Crippen LogP contribution in [0.25, 0.3) is 10.2 Å². The normalized spacial score (nSPS) is 15.9. The maximum Gasteiger partial charge on any atom is 0.272 e. The number of nitrogens with one attached hydrogen (secondary N) is 2. The van der Waals surface area contributed by atoms with E-state index in [2.05, 4.69) is 10.6 Å². The number of rotatable bonds is 9. The minimum absolute atomic E-state index is 0.156. The Kier molecular flexibility index (Phi) is 8.08. The van der Waals surface area contributed by atoms with Gasteiger partial charge in [-0.25, -0.2) is 0 Å². The van der Waals surface area contributed by atoms with E-state index in [1.54, 1.807) is 18.4 Å². The van der Waals surface area contributed by atoms with Crippen molar-refractivity contribution in [2.24, 2.45) is 7.05 Å². The zero-order valence-corrected chi connectivity index (χ0v) is 22.1. The summed E-state index contributed by atoms with van der Waals surface area (Å²) in [4.78, 5) is 13.2. The van der Waals surface area contributed by atoms with Crippen LogP contribution >= 0.6 is 11.3 Å². The largest absolute Gasteiger partial charge is 0.490 e. The fraction of sp³-hybridized carbons (Fsp3) is 0.345. The molecule has 1 aliphatic rings. The Balaban J connectivity index is 1.29. The van der Waals surface area contributed by atoms with Crippen LogP contribution in [0.4, 0.5) is 5.69 Å². The van der Waals surface area contributed by atoms with E-state index in [9.17, 15) is 4.79 Å². The molecule has 5 rings (SSSR count). The summed E-state index contributed by atoms with van der Waals surface area (Å²) in [5.74, 6) is 1.44. The van der Waals surface area contributed by atoms with Gasteiger partial charge in [0.25, 0.3) is 5.91 Å². The molecule has 2 aromatic carbocycles. The summed E-state index contributed by atoms with van der Waals surface area (Å²) in [6, 6.07) is 17.5. The molecule has 8 heteroatoms. The average Bonchev–Trinajstić information content (AvgIpc) is 3.39. The molecule has 37 heavy (non-hydrogen) atoms. The number of thiophene rings is 1. The molecular weight excluding hydrogens is 486 g/mol. The van der Waals surface area contributed by atoms with Crippen LogP contribution in [0, 0.1) is 0 Å². The number of hydrogen-bond acceptors (Lipinski definition) is 6. The second kappa shape index (κ2) is 11.8. The topological polar surface area (TPSA) is 73.8 Å². The summed E-state index contributed by atoms with van der Waals surface area (Å²) in [7, 11) is 3.57. The Morgan fingerprint density at radius 1 is 1.08 bits per heavy atom. The van der Waals surface area contributed by atoms with Gasteiger partial charge in [-0.3, -0.25) is 4.79 Å². The van der Waals surface area contributed by atoms with Crippen molar-refractivity contribution >= 4 is 33.1 Å². The molecule has 0 aliphatic carbocycles. The Morgan fingerprint density at radius 2 is 1.92 bits per heavy atom. The van der Waals surface area contributed by atoms with E-state index in [0.29, 0.717) is 24.6 Å². The van der Waals surface area contributed by atoms with Gasteiger partial charge in [0.05, 0.1) is 22.9 Å². The summed E-state index contributed by atoms with van der Waals surface area (Å²) < 4.78 is 20.8. The number of benzene rings is 2. The maximum absolute atomic E-state index is 13.2. The lowest BCUT2D eigenvalue weighted by molar-refractivity contribution is 0.101. The number of fused-ring (bicyclic) bond motifs is 1. The summed E-state index contributed by atoms with van der Waals surface area (Å²) in [5, 5.41) is 8.54. The van der Waals surface area contributed by atoms with Gasteiger partial charge in [0.15, 0.2) is 0 Å². The molecule has 1 amide bonds. The molecule has 4 aromatic rings. The van der Waals surface area contributed by atoms with Gasteiger partial charge in [-0.15, -0.1) is 11.3 Å². The third-order valence-electron chi connectivity index (χ3n) is 6.75. The second-order valence-corrected chi connectivity index (χ2v) is 10.2. The zero-order valence-electron chi connectivity index (χ0n) is 21.3. The molecular formula is C29H33N3O4S. The first-order chi connectivity index (χ1) is 18.1. The van der Waals surface area contributed by atoms with Gasteiger partial charge in [-0.2, -0.15) is 0 Å². The van der Waals surface area contributed by atoms with Crippen molar-refractivity contribution < 1.29 is 19.0 Å². The minimum Gasteiger partial charge on any atom is -0.490 e. The number of methoxy groups -OCH3 is 1. The number of nitrogens with zero attached hydrogens (tertiary/aromatic N) is 1. The van der Waals surface area contributed by atoms with Crippen LogP contribution in [0.2, 0.25) is 0 Å². The third kappa shape index (κ3) is 5.98. The highest BCUT2D eigenvalue weighted by molar-refractivity contribution is 7.17. The molecule has 2 aromatic heterocycles. The fourth-order valence-corrected chi connectivity index (χ4v) is 5.58. The molecule has 2 N–H and O–H groups in total. The summed E-state index contributed by atoms with van der Waals surface area (Å²) >= 11 is 1.63.